The molecule has 0 aliphatic heterocycles. The van der Waals surface area contributed by atoms with Crippen LogP contribution in [0.25, 0.3) is 0 Å². The Morgan fingerprint density at radius 1 is 1.21 bits per heavy atom. The Morgan fingerprint density at radius 3 is 2.54 bits per heavy atom. The largest absolute Gasteiger partial charge is 0.481 e. The zero-order valence-electron chi connectivity index (χ0n) is 13.4. The Hall–Kier alpha value is -1.20. The highest BCUT2D eigenvalue weighted by Gasteiger charge is 2.54. The molecule has 1 aromatic carbocycles. The minimum Gasteiger partial charge on any atom is -0.481 e. The molecule has 0 unspecified atom stereocenters. The number of halogens is 3. The third kappa shape index (κ3) is 3.42. The summed E-state index contributed by atoms with van der Waals surface area (Å²) in [6.07, 6.45) is 6.41. The van der Waals surface area contributed by atoms with E-state index in [0.29, 0.717) is 6.42 Å². The van der Waals surface area contributed by atoms with Gasteiger partial charge < -0.3 is 9.84 Å². The maximum absolute atomic E-state index is 13.9. The van der Waals surface area contributed by atoms with Crippen LogP contribution in [0.5, 0.6) is 0 Å². The summed E-state index contributed by atoms with van der Waals surface area (Å²) < 4.78 is 33.4. The topological polar surface area (TPSA) is 46.5 Å². The lowest BCUT2D eigenvalue weighted by Crippen LogP contribution is -2.26. The summed E-state index contributed by atoms with van der Waals surface area (Å²) >= 11 is 5.86. The number of fused-ring (bicyclic) bond motifs is 2. The van der Waals surface area contributed by atoms with Crippen molar-refractivity contribution in [3.63, 3.8) is 0 Å². The Kier molecular flexibility index (Phi) is 4.85. The highest BCUT2D eigenvalue weighted by atomic mass is 35.5. The number of carboxylic acid groups (broad SMARTS) is 1. The van der Waals surface area contributed by atoms with E-state index in [2.05, 4.69) is 0 Å². The molecular weight excluding hydrogens is 338 g/mol. The standard InChI is InChI=1S/C18H21ClF2O3/c19-16-12(13(20)3-4-14(16)21)10-24-18-8-6-17(11-18,7-9-18)5-1-2-15(22)23/h3-4H,1-2,5-11H2,(H,22,23). The monoisotopic (exact) mass is 358 g/mol. The normalized spacial score (nSPS) is 28.5. The van der Waals surface area contributed by atoms with Gasteiger partial charge in [0.05, 0.1) is 17.2 Å². The number of aliphatic carboxylic acids is 1. The zero-order chi connectivity index (χ0) is 17.4. The zero-order valence-corrected chi connectivity index (χ0v) is 14.2. The first-order valence-electron chi connectivity index (χ1n) is 8.33. The van der Waals surface area contributed by atoms with Crippen molar-refractivity contribution in [1.82, 2.24) is 0 Å². The minimum absolute atomic E-state index is 0.0341. The molecule has 3 nitrogen and oxygen atoms in total. The van der Waals surface area contributed by atoms with E-state index in [1.165, 1.54) is 0 Å². The second kappa shape index (κ2) is 6.60. The van der Waals surface area contributed by atoms with Gasteiger partial charge in [-0.15, -0.1) is 0 Å². The first-order chi connectivity index (χ1) is 11.3. The Balaban J connectivity index is 1.62. The SMILES string of the molecule is O=C(O)CCCC12CCC(OCc3c(F)ccc(F)c3Cl)(CC1)C2. The van der Waals surface area contributed by atoms with Crippen molar-refractivity contribution in [2.24, 2.45) is 5.41 Å². The molecule has 2 saturated carbocycles. The molecule has 0 heterocycles. The summed E-state index contributed by atoms with van der Waals surface area (Å²) in [7, 11) is 0. The fourth-order valence-electron chi connectivity index (χ4n) is 4.35. The molecule has 0 saturated heterocycles. The maximum atomic E-state index is 13.9. The van der Waals surface area contributed by atoms with E-state index in [1.807, 2.05) is 0 Å². The van der Waals surface area contributed by atoms with Gasteiger partial charge in [0.2, 0.25) is 0 Å². The van der Waals surface area contributed by atoms with Crippen molar-refractivity contribution in [2.75, 3.05) is 0 Å². The molecule has 0 spiro atoms. The van der Waals surface area contributed by atoms with Crippen LogP contribution in [-0.4, -0.2) is 16.7 Å². The van der Waals surface area contributed by atoms with Gasteiger partial charge in [0.25, 0.3) is 0 Å². The molecule has 2 fully saturated rings. The van der Waals surface area contributed by atoms with Crippen LogP contribution >= 0.6 is 11.6 Å². The van der Waals surface area contributed by atoms with Crippen molar-refractivity contribution in [2.45, 2.75) is 63.6 Å². The highest BCUT2D eigenvalue weighted by molar-refractivity contribution is 6.31. The van der Waals surface area contributed by atoms with Gasteiger partial charge >= 0.3 is 5.97 Å². The summed E-state index contributed by atoms with van der Waals surface area (Å²) in [5.41, 5.74) is -0.0771. The molecule has 2 bridgehead atoms. The summed E-state index contributed by atoms with van der Waals surface area (Å²) in [4.78, 5) is 10.7. The van der Waals surface area contributed by atoms with Gasteiger partial charge in [0.1, 0.15) is 11.6 Å². The molecule has 0 atom stereocenters. The third-order valence-electron chi connectivity index (χ3n) is 5.68. The van der Waals surface area contributed by atoms with E-state index in [0.717, 1.165) is 50.7 Å². The van der Waals surface area contributed by atoms with Crippen LogP contribution in [0.2, 0.25) is 5.02 Å². The number of ether oxygens (including phenoxy) is 1. The molecule has 0 aromatic heterocycles. The number of hydrogen-bond donors (Lipinski definition) is 1. The average molecular weight is 359 g/mol. The Morgan fingerprint density at radius 2 is 1.88 bits per heavy atom. The van der Waals surface area contributed by atoms with Crippen LogP contribution in [0, 0.1) is 17.0 Å². The predicted octanol–water partition coefficient (Wildman–Crippen LogP) is 5.09. The number of benzene rings is 1. The summed E-state index contributed by atoms with van der Waals surface area (Å²) in [5.74, 6) is -1.96. The van der Waals surface area contributed by atoms with Crippen LogP contribution < -0.4 is 0 Å². The van der Waals surface area contributed by atoms with E-state index in [9.17, 15) is 13.6 Å². The van der Waals surface area contributed by atoms with Crippen molar-refractivity contribution >= 4 is 17.6 Å². The summed E-state index contributed by atoms with van der Waals surface area (Å²) in [6, 6.07) is 2.08. The number of hydrogen-bond acceptors (Lipinski definition) is 2. The van der Waals surface area contributed by atoms with Crippen LogP contribution in [0.15, 0.2) is 12.1 Å². The second-order valence-corrected chi connectivity index (χ2v) is 7.60. The minimum atomic E-state index is -0.763. The van der Waals surface area contributed by atoms with Crippen LogP contribution in [0.1, 0.15) is 56.9 Å². The maximum Gasteiger partial charge on any atom is 0.303 e. The molecule has 132 valence electrons. The number of carbonyl (C=O) groups is 1. The first-order valence-corrected chi connectivity index (χ1v) is 8.71. The summed E-state index contributed by atoms with van der Waals surface area (Å²) in [6.45, 7) is -0.0341. The fraction of sp³-hybridized carbons (Fsp3) is 0.611. The lowest BCUT2D eigenvalue weighted by Gasteiger charge is -2.28. The third-order valence-corrected chi connectivity index (χ3v) is 6.09. The van der Waals surface area contributed by atoms with Crippen LogP contribution in [0.4, 0.5) is 8.78 Å². The lowest BCUT2D eigenvalue weighted by atomic mass is 9.80. The van der Waals surface area contributed by atoms with E-state index in [1.54, 1.807) is 0 Å². The van der Waals surface area contributed by atoms with Crippen molar-refractivity contribution in [3.8, 4) is 0 Å². The first kappa shape index (κ1) is 17.6. The van der Waals surface area contributed by atoms with Gasteiger partial charge in [-0.3, -0.25) is 4.79 Å². The van der Waals surface area contributed by atoms with Gasteiger partial charge in [-0.1, -0.05) is 11.6 Å². The van der Waals surface area contributed by atoms with Gasteiger partial charge in [0.15, 0.2) is 0 Å². The second-order valence-electron chi connectivity index (χ2n) is 7.22. The van der Waals surface area contributed by atoms with Crippen LogP contribution in [-0.2, 0) is 16.1 Å². The molecule has 1 N–H and O–H groups in total. The lowest BCUT2D eigenvalue weighted by molar-refractivity contribution is -0.137. The van der Waals surface area contributed by atoms with Gasteiger partial charge in [0, 0.05) is 12.0 Å². The highest BCUT2D eigenvalue weighted by Crippen LogP contribution is 2.60. The van der Waals surface area contributed by atoms with Crippen molar-refractivity contribution < 1.29 is 23.4 Å². The number of rotatable bonds is 7. The molecule has 0 radical (unpaired) electrons. The summed E-state index contributed by atoms with van der Waals surface area (Å²) in [5, 5.41) is 8.57. The van der Waals surface area contributed by atoms with Crippen molar-refractivity contribution in [1.29, 1.82) is 0 Å². The Labute approximate surface area is 145 Å². The Bertz CT molecular complexity index is 639. The predicted molar refractivity (Wildman–Crippen MR) is 85.9 cm³/mol. The fourth-order valence-corrected chi connectivity index (χ4v) is 4.56. The van der Waals surface area contributed by atoms with E-state index in [-0.39, 0.29) is 34.6 Å². The van der Waals surface area contributed by atoms with Crippen molar-refractivity contribution in [3.05, 3.63) is 34.4 Å². The van der Waals surface area contributed by atoms with E-state index in [4.69, 9.17) is 21.4 Å². The van der Waals surface area contributed by atoms with E-state index >= 15 is 0 Å². The van der Waals surface area contributed by atoms with Gasteiger partial charge in [-0.25, -0.2) is 8.78 Å². The molecule has 0 amide bonds. The quantitative estimate of drug-likeness (QED) is 0.690. The number of carboxylic acids is 1. The van der Waals surface area contributed by atoms with Crippen LogP contribution in [0.3, 0.4) is 0 Å². The van der Waals surface area contributed by atoms with Gasteiger partial charge in [-0.2, -0.15) is 0 Å². The molecule has 2 aliphatic carbocycles. The average Bonchev–Trinajstić information content (AvgIpc) is 3.07. The van der Waals surface area contributed by atoms with E-state index < -0.39 is 17.6 Å². The molecule has 2 aliphatic rings. The molecule has 3 rings (SSSR count). The smallest absolute Gasteiger partial charge is 0.303 e. The molecule has 6 heteroatoms. The molecule has 24 heavy (non-hydrogen) atoms. The molecular formula is C18H21ClF2O3. The molecule has 1 aromatic rings. The van der Waals surface area contributed by atoms with Gasteiger partial charge in [-0.05, 0) is 62.5 Å².